The van der Waals surface area contributed by atoms with Gasteiger partial charge in [-0.25, -0.2) is 4.39 Å². The monoisotopic (exact) mass is 336 g/mol. The van der Waals surface area contributed by atoms with Crippen molar-refractivity contribution in [1.82, 2.24) is 9.88 Å². The predicted octanol–water partition coefficient (Wildman–Crippen LogP) is 2.89. The minimum atomic E-state index is -0.902. The number of hydrogen-bond donors (Lipinski definition) is 1. The molecule has 0 radical (unpaired) electrons. The van der Waals surface area contributed by atoms with Gasteiger partial charge in [0.05, 0.1) is 10.7 Å². The molecule has 1 N–H and O–H groups in total. The second kappa shape index (κ2) is 6.83. The van der Waals surface area contributed by atoms with Gasteiger partial charge in [0.25, 0.3) is 0 Å². The summed E-state index contributed by atoms with van der Waals surface area (Å²) < 4.78 is 18.4. The third-order valence-corrected chi connectivity index (χ3v) is 4.13. The highest BCUT2D eigenvalue weighted by atomic mass is 35.5. The number of halogens is 2. The van der Waals surface area contributed by atoms with Crippen molar-refractivity contribution in [3.05, 3.63) is 59.1 Å². The number of aliphatic hydroxyl groups is 1. The van der Waals surface area contributed by atoms with Crippen LogP contribution in [0.3, 0.4) is 0 Å². The first-order valence-electron chi connectivity index (χ1n) is 7.46. The summed E-state index contributed by atoms with van der Waals surface area (Å²) in [6.45, 7) is 2.13. The van der Waals surface area contributed by atoms with Gasteiger partial charge < -0.3 is 9.84 Å². The fourth-order valence-electron chi connectivity index (χ4n) is 2.67. The summed E-state index contributed by atoms with van der Waals surface area (Å²) in [7, 11) is 0. The van der Waals surface area contributed by atoms with E-state index in [0.717, 1.165) is 12.2 Å². The smallest absolute Gasteiger partial charge is 0.123 e. The maximum Gasteiger partial charge on any atom is 0.123 e. The predicted molar refractivity (Wildman–Crippen MR) is 86.0 cm³/mol. The van der Waals surface area contributed by atoms with E-state index in [1.165, 1.54) is 12.1 Å². The van der Waals surface area contributed by atoms with E-state index in [0.29, 0.717) is 30.3 Å². The van der Waals surface area contributed by atoms with Crippen molar-refractivity contribution in [2.24, 2.45) is 0 Å². The molecule has 4 nitrogen and oxygen atoms in total. The van der Waals surface area contributed by atoms with Crippen LogP contribution in [-0.4, -0.2) is 40.3 Å². The fraction of sp³-hybridized carbons (Fsp3) is 0.353. The third-order valence-electron chi connectivity index (χ3n) is 3.91. The summed E-state index contributed by atoms with van der Waals surface area (Å²) >= 11 is 5.83. The number of likely N-dealkylation sites (tertiary alicyclic amines) is 1. The van der Waals surface area contributed by atoms with Crippen LogP contribution in [0.4, 0.5) is 4.39 Å². The summed E-state index contributed by atoms with van der Waals surface area (Å²) in [6, 6.07) is 9.49. The number of nitrogens with zero attached hydrogens (tertiary/aromatic N) is 2. The Hall–Kier alpha value is -1.69. The molecule has 1 fully saturated rings. The number of ether oxygens (including phenoxy) is 1. The molecule has 1 aliphatic heterocycles. The Morgan fingerprint density at radius 1 is 1.26 bits per heavy atom. The van der Waals surface area contributed by atoms with E-state index in [1.807, 2.05) is 12.1 Å². The van der Waals surface area contributed by atoms with E-state index in [9.17, 15) is 9.50 Å². The van der Waals surface area contributed by atoms with Crippen molar-refractivity contribution in [1.29, 1.82) is 0 Å². The highest BCUT2D eigenvalue weighted by Crippen LogP contribution is 2.24. The molecule has 2 heterocycles. The molecule has 3 rings (SSSR count). The van der Waals surface area contributed by atoms with Crippen LogP contribution in [0.1, 0.15) is 12.1 Å². The first-order valence-corrected chi connectivity index (χ1v) is 7.84. The number of β-amino-alcohol motifs (C(OH)–C–C–N with tert-alkyl or cyclic N) is 1. The molecule has 0 bridgehead atoms. The lowest BCUT2D eigenvalue weighted by Crippen LogP contribution is -2.39. The highest BCUT2D eigenvalue weighted by molar-refractivity contribution is 6.30. The van der Waals surface area contributed by atoms with Gasteiger partial charge in [-0.3, -0.25) is 9.88 Å². The summed E-state index contributed by atoms with van der Waals surface area (Å²) in [5.41, 5.74) is 0.0129. The minimum absolute atomic E-state index is 0.184. The van der Waals surface area contributed by atoms with Crippen LogP contribution in [0.15, 0.2) is 42.6 Å². The molecule has 1 saturated heterocycles. The van der Waals surface area contributed by atoms with Crippen LogP contribution in [-0.2, 0) is 6.54 Å². The zero-order valence-electron chi connectivity index (χ0n) is 12.6. The van der Waals surface area contributed by atoms with Crippen LogP contribution in [0.5, 0.6) is 5.75 Å². The molecule has 2 aromatic rings. The van der Waals surface area contributed by atoms with Crippen molar-refractivity contribution >= 4 is 11.6 Å². The van der Waals surface area contributed by atoms with E-state index >= 15 is 0 Å². The minimum Gasteiger partial charge on any atom is -0.491 e. The van der Waals surface area contributed by atoms with Crippen LogP contribution in [0, 0.1) is 5.82 Å². The first-order chi connectivity index (χ1) is 11.0. The number of benzene rings is 1. The van der Waals surface area contributed by atoms with Gasteiger partial charge in [0.1, 0.15) is 23.8 Å². The Bertz CT molecular complexity index is 651. The third kappa shape index (κ3) is 4.41. The lowest BCUT2D eigenvalue weighted by Gasteiger charge is -2.23. The summed E-state index contributed by atoms with van der Waals surface area (Å²) in [5, 5.41) is 11.2. The molecule has 6 heteroatoms. The van der Waals surface area contributed by atoms with Gasteiger partial charge in [0.15, 0.2) is 0 Å². The molecule has 1 atom stereocenters. The average Bonchev–Trinajstić information content (AvgIpc) is 2.91. The maximum atomic E-state index is 12.9. The van der Waals surface area contributed by atoms with Crippen molar-refractivity contribution in [3.8, 4) is 5.75 Å². The fourth-order valence-corrected chi connectivity index (χ4v) is 2.78. The number of rotatable bonds is 5. The molecule has 1 aliphatic rings. The van der Waals surface area contributed by atoms with Crippen LogP contribution in [0.25, 0.3) is 0 Å². The molecule has 0 saturated carbocycles. The molecule has 0 amide bonds. The number of pyridine rings is 1. The van der Waals surface area contributed by atoms with Gasteiger partial charge in [0.2, 0.25) is 0 Å². The standard InChI is InChI=1S/C17H18ClFN2O2/c18-13-1-4-15(20-9-13)10-21-8-7-17(22,11-21)12-23-16-5-2-14(19)3-6-16/h1-6,9,22H,7-8,10-12H2. The van der Waals surface area contributed by atoms with E-state index in [2.05, 4.69) is 9.88 Å². The van der Waals surface area contributed by atoms with E-state index in [1.54, 1.807) is 18.3 Å². The summed E-state index contributed by atoms with van der Waals surface area (Å²) in [4.78, 5) is 6.40. The molecule has 1 aromatic heterocycles. The first kappa shape index (κ1) is 16.2. The Morgan fingerprint density at radius 2 is 2.04 bits per heavy atom. The van der Waals surface area contributed by atoms with Crippen LogP contribution >= 0.6 is 11.6 Å². The van der Waals surface area contributed by atoms with Gasteiger partial charge in [-0.1, -0.05) is 11.6 Å². The second-order valence-electron chi connectivity index (χ2n) is 5.90. The molecule has 1 unspecified atom stereocenters. The van der Waals surface area contributed by atoms with Gasteiger partial charge in [-0.2, -0.15) is 0 Å². The molecular weight excluding hydrogens is 319 g/mol. The molecule has 0 spiro atoms. The van der Waals surface area contributed by atoms with E-state index < -0.39 is 5.60 Å². The second-order valence-corrected chi connectivity index (χ2v) is 6.33. The van der Waals surface area contributed by atoms with E-state index in [-0.39, 0.29) is 12.4 Å². The average molecular weight is 337 g/mol. The molecular formula is C17H18ClFN2O2. The van der Waals surface area contributed by atoms with Crippen molar-refractivity contribution in [2.75, 3.05) is 19.7 Å². The number of hydrogen-bond acceptors (Lipinski definition) is 4. The zero-order valence-corrected chi connectivity index (χ0v) is 13.3. The lowest BCUT2D eigenvalue weighted by molar-refractivity contribution is 0.00329. The molecule has 122 valence electrons. The Kier molecular flexibility index (Phi) is 4.80. The zero-order chi connectivity index (χ0) is 16.3. The summed E-state index contributed by atoms with van der Waals surface area (Å²) in [5.74, 6) is 0.246. The van der Waals surface area contributed by atoms with Crippen LogP contribution < -0.4 is 4.74 Å². The Morgan fingerprint density at radius 3 is 2.74 bits per heavy atom. The normalized spacial score (nSPS) is 21.5. The topological polar surface area (TPSA) is 45.6 Å². The molecule has 23 heavy (non-hydrogen) atoms. The van der Waals surface area contributed by atoms with Gasteiger partial charge in [-0.05, 0) is 42.8 Å². The van der Waals surface area contributed by atoms with Gasteiger partial charge in [-0.15, -0.1) is 0 Å². The Labute approximate surface area is 139 Å². The summed E-state index contributed by atoms with van der Waals surface area (Å²) in [6.07, 6.45) is 2.25. The quantitative estimate of drug-likeness (QED) is 0.912. The van der Waals surface area contributed by atoms with Gasteiger partial charge >= 0.3 is 0 Å². The lowest BCUT2D eigenvalue weighted by atomic mass is 10.1. The largest absolute Gasteiger partial charge is 0.491 e. The van der Waals surface area contributed by atoms with Crippen LogP contribution in [0.2, 0.25) is 5.02 Å². The molecule has 0 aliphatic carbocycles. The SMILES string of the molecule is OC1(COc2ccc(F)cc2)CCN(Cc2ccc(Cl)cn2)C1. The van der Waals surface area contributed by atoms with Crippen molar-refractivity contribution in [2.45, 2.75) is 18.6 Å². The maximum absolute atomic E-state index is 12.9. The highest BCUT2D eigenvalue weighted by Gasteiger charge is 2.36. The number of aromatic nitrogens is 1. The van der Waals surface area contributed by atoms with Crippen molar-refractivity contribution in [3.63, 3.8) is 0 Å². The molecule has 1 aromatic carbocycles. The van der Waals surface area contributed by atoms with Gasteiger partial charge in [0, 0.05) is 25.8 Å². The van der Waals surface area contributed by atoms with E-state index in [4.69, 9.17) is 16.3 Å². The van der Waals surface area contributed by atoms with Crippen molar-refractivity contribution < 1.29 is 14.2 Å². The Balaban J connectivity index is 1.53.